The van der Waals surface area contributed by atoms with E-state index in [-0.39, 0.29) is 29.1 Å². The van der Waals surface area contributed by atoms with Crippen molar-refractivity contribution >= 4 is 12.0 Å². The molecule has 1 spiro atoms. The summed E-state index contributed by atoms with van der Waals surface area (Å²) < 4.78 is 12.2. The molecule has 3 aromatic carbocycles. The summed E-state index contributed by atoms with van der Waals surface area (Å²) in [5.41, 5.74) is 4.73. The Kier molecular flexibility index (Phi) is 5.73. The highest BCUT2D eigenvalue weighted by molar-refractivity contribution is 5.55. The van der Waals surface area contributed by atoms with Gasteiger partial charge in [-0.1, -0.05) is 48.5 Å². The number of anilines is 1. The number of fused-ring (bicyclic) bond motifs is 1. The SMILES string of the molecule is O=CC1COC2(CCN(c3ccc([C@H]4c5ccc(O)cc5OCC4c4ccccc4)cc3)CC2)C1. The molecule has 180 valence electrons. The Morgan fingerprint density at radius 3 is 2.40 bits per heavy atom. The van der Waals surface area contributed by atoms with Crippen molar-refractivity contribution in [3.63, 3.8) is 0 Å². The fourth-order valence-electron chi connectivity index (χ4n) is 6.18. The van der Waals surface area contributed by atoms with Crippen LogP contribution in [0.25, 0.3) is 0 Å². The van der Waals surface area contributed by atoms with Crippen molar-refractivity contribution in [2.75, 3.05) is 31.2 Å². The molecule has 0 bridgehead atoms. The lowest BCUT2D eigenvalue weighted by Crippen LogP contribution is -2.44. The van der Waals surface area contributed by atoms with Crippen LogP contribution in [0, 0.1) is 5.92 Å². The van der Waals surface area contributed by atoms with Crippen LogP contribution in [0.1, 0.15) is 47.8 Å². The lowest BCUT2D eigenvalue weighted by molar-refractivity contribution is -0.111. The lowest BCUT2D eigenvalue weighted by atomic mass is 9.76. The Morgan fingerprint density at radius 2 is 1.69 bits per heavy atom. The van der Waals surface area contributed by atoms with Gasteiger partial charge in [0.2, 0.25) is 0 Å². The molecule has 0 aliphatic carbocycles. The van der Waals surface area contributed by atoms with Crippen LogP contribution in [-0.4, -0.2) is 43.3 Å². The maximum Gasteiger partial charge on any atom is 0.126 e. The van der Waals surface area contributed by atoms with Gasteiger partial charge in [-0.15, -0.1) is 0 Å². The molecule has 0 aromatic heterocycles. The number of ether oxygens (including phenoxy) is 2. The van der Waals surface area contributed by atoms with Gasteiger partial charge in [-0.3, -0.25) is 0 Å². The Labute approximate surface area is 206 Å². The second-order valence-corrected chi connectivity index (χ2v) is 10.2. The summed E-state index contributed by atoms with van der Waals surface area (Å²) in [6.07, 6.45) is 3.85. The van der Waals surface area contributed by atoms with E-state index in [0.717, 1.165) is 50.0 Å². The molecule has 1 N–H and O–H groups in total. The zero-order valence-electron chi connectivity index (χ0n) is 19.8. The fourth-order valence-corrected chi connectivity index (χ4v) is 6.18. The molecule has 6 rings (SSSR count). The van der Waals surface area contributed by atoms with Crippen molar-refractivity contribution in [1.29, 1.82) is 0 Å². The van der Waals surface area contributed by atoms with E-state index in [4.69, 9.17) is 9.47 Å². The van der Waals surface area contributed by atoms with Gasteiger partial charge >= 0.3 is 0 Å². The highest BCUT2D eigenvalue weighted by atomic mass is 16.5. The Hall–Kier alpha value is -3.31. The standard InChI is InChI=1S/C30H31NO4/c32-18-21-17-30(35-19-21)12-14-31(15-13-30)24-8-6-23(7-9-24)29-26-11-10-25(33)16-28(26)34-20-27(29)22-4-2-1-3-5-22/h1-11,16,18,21,27,29,33H,12-15,17,19-20H2/t21?,27?,29-/m0/s1. The highest BCUT2D eigenvalue weighted by Crippen LogP contribution is 2.47. The van der Waals surface area contributed by atoms with Crippen molar-refractivity contribution < 1.29 is 19.4 Å². The quantitative estimate of drug-likeness (QED) is 0.527. The normalized spacial score (nSPS) is 25.1. The average Bonchev–Trinajstić information content (AvgIpc) is 3.31. The van der Waals surface area contributed by atoms with Gasteiger partial charge in [-0.2, -0.15) is 0 Å². The first-order chi connectivity index (χ1) is 17.1. The number of aromatic hydroxyl groups is 1. The van der Waals surface area contributed by atoms with Gasteiger partial charge in [0.1, 0.15) is 17.8 Å². The van der Waals surface area contributed by atoms with Crippen LogP contribution in [0.2, 0.25) is 0 Å². The second kappa shape index (κ2) is 9.04. The number of carbonyl (C=O) groups excluding carboxylic acids is 1. The smallest absolute Gasteiger partial charge is 0.126 e. The zero-order valence-corrected chi connectivity index (χ0v) is 19.8. The first-order valence-electron chi connectivity index (χ1n) is 12.6. The molecule has 35 heavy (non-hydrogen) atoms. The van der Waals surface area contributed by atoms with Crippen LogP contribution in [0.3, 0.4) is 0 Å². The molecule has 3 aliphatic rings. The van der Waals surface area contributed by atoms with E-state index in [1.165, 1.54) is 16.8 Å². The molecule has 5 nitrogen and oxygen atoms in total. The number of benzene rings is 3. The van der Waals surface area contributed by atoms with Crippen molar-refractivity contribution in [2.24, 2.45) is 5.92 Å². The number of phenols is 1. The number of hydrogen-bond acceptors (Lipinski definition) is 5. The van der Waals surface area contributed by atoms with Crippen LogP contribution in [-0.2, 0) is 9.53 Å². The fraction of sp³-hybridized carbons (Fsp3) is 0.367. The zero-order chi connectivity index (χ0) is 23.8. The molecule has 5 heteroatoms. The van der Waals surface area contributed by atoms with Crippen LogP contribution >= 0.6 is 0 Å². The number of nitrogens with zero attached hydrogens (tertiary/aromatic N) is 1. The molecular formula is C30H31NO4. The Balaban J connectivity index is 1.25. The molecule has 2 unspecified atom stereocenters. The van der Waals surface area contributed by atoms with E-state index >= 15 is 0 Å². The summed E-state index contributed by atoms with van der Waals surface area (Å²) in [4.78, 5) is 13.6. The highest BCUT2D eigenvalue weighted by Gasteiger charge is 2.42. The van der Waals surface area contributed by atoms with E-state index in [0.29, 0.717) is 13.2 Å². The number of piperidine rings is 1. The van der Waals surface area contributed by atoms with E-state index in [1.807, 2.05) is 12.1 Å². The minimum Gasteiger partial charge on any atom is -0.508 e. The van der Waals surface area contributed by atoms with E-state index in [1.54, 1.807) is 12.1 Å². The van der Waals surface area contributed by atoms with Gasteiger partial charge < -0.3 is 24.3 Å². The molecule has 0 amide bonds. The Morgan fingerprint density at radius 1 is 0.914 bits per heavy atom. The largest absolute Gasteiger partial charge is 0.508 e. The van der Waals surface area contributed by atoms with Crippen LogP contribution in [0.5, 0.6) is 11.5 Å². The lowest BCUT2D eigenvalue weighted by Gasteiger charge is -2.40. The molecule has 3 aromatic rings. The summed E-state index contributed by atoms with van der Waals surface area (Å²) in [6, 6.07) is 25.0. The molecule has 2 fully saturated rings. The van der Waals surface area contributed by atoms with E-state index in [2.05, 4.69) is 53.4 Å². The summed E-state index contributed by atoms with van der Waals surface area (Å²) >= 11 is 0. The monoisotopic (exact) mass is 469 g/mol. The van der Waals surface area contributed by atoms with Crippen molar-refractivity contribution in [1.82, 2.24) is 0 Å². The average molecular weight is 470 g/mol. The summed E-state index contributed by atoms with van der Waals surface area (Å²) in [5.74, 6) is 1.39. The van der Waals surface area contributed by atoms with Crippen molar-refractivity contribution in [3.05, 3.63) is 89.5 Å². The van der Waals surface area contributed by atoms with Crippen molar-refractivity contribution in [2.45, 2.75) is 36.7 Å². The summed E-state index contributed by atoms with van der Waals surface area (Å²) in [7, 11) is 0. The predicted octanol–water partition coefficient (Wildman–Crippen LogP) is 5.27. The topological polar surface area (TPSA) is 59.0 Å². The first kappa shape index (κ1) is 22.2. The van der Waals surface area contributed by atoms with Gasteiger partial charge in [0.25, 0.3) is 0 Å². The van der Waals surface area contributed by atoms with Crippen LogP contribution < -0.4 is 9.64 Å². The van der Waals surface area contributed by atoms with Crippen molar-refractivity contribution in [3.8, 4) is 11.5 Å². The number of aldehydes is 1. The number of hydrogen-bond donors (Lipinski definition) is 1. The predicted molar refractivity (Wildman–Crippen MR) is 135 cm³/mol. The molecule has 3 heterocycles. The maximum atomic E-state index is 11.2. The molecular weight excluding hydrogens is 438 g/mol. The summed E-state index contributed by atoms with van der Waals surface area (Å²) in [5, 5.41) is 10.0. The molecule has 0 radical (unpaired) electrons. The molecule has 2 saturated heterocycles. The third kappa shape index (κ3) is 4.19. The Bertz CT molecular complexity index is 1180. The minimum atomic E-state index is -0.109. The van der Waals surface area contributed by atoms with Gasteiger partial charge in [0.05, 0.1) is 18.8 Å². The maximum absolute atomic E-state index is 11.2. The van der Waals surface area contributed by atoms with E-state index < -0.39 is 0 Å². The first-order valence-corrected chi connectivity index (χ1v) is 12.6. The molecule has 3 atom stereocenters. The molecule has 0 saturated carbocycles. The number of carbonyl (C=O) groups is 1. The van der Waals surface area contributed by atoms with Gasteiger partial charge in [0, 0.05) is 48.2 Å². The van der Waals surface area contributed by atoms with Gasteiger partial charge in [0.15, 0.2) is 0 Å². The second-order valence-electron chi connectivity index (χ2n) is 10.2. The van der Waals surface area contributed by atoms with Gasteiger partial charge in [-0.05, 0) is 48.6 Å². The van der Waals surface area contributed by atoms with Crippen LogP contribution in [0.15, 0.2) is 72.8 Å². The molecule has 3 aliphatic heterocycles. The van der Waals surface area contributed by atoms with E-state index in [9.17, 15) is 9.90 Å². The van der Waals surface area contributed by atoms with Crippen LogP contribution in [0.4, 0.5) is 5.69 Å². The third-order valence-corrected chi connectivity index (χ3v) is 8.10. The van der Waals surface area contributed by atoms with Gasteiger partial charge in [-0.25, -0.2) is 0 Å². The number of rotatable bonds is 4. The minimum absolute atomic E-state index is 0.0580. The number of phenolic OH excluding ortho intramolecular Hbond substituents is 1. The summed E-state index contributed by atoms with van der Waals surface area (Å²) in [6.45, 7) is 3.03. The third-order valence-electron chi connectivity index (χ3n) is 8.10.